The number of carbonyl (C=O) groups is 1. The highest BCUT2D eigenvalue weighted by Gasteiger charge is 2.17. The van der Waals surface area contributed by atoms with Crippen LogP contribution in [0.1, 0.15) is 80.1 Å². The fourth-order valence-electron chi connectivity index (χ4n) is 2.53. The van der Waals surface area contributed by atoms with Crippen LogP contribution in [0.4, 0.5) is 0 Å². The van der Waals surface area contributed by atoms with Crippen molar-refractivity contribution < 1.29 is 4.79 Å². The normalized spacial score (nSPS) is 17.2. The van der Waals surface area contributed by atoms with Gasteiger partial charge in [0.2, 0.25) is 5.91 Å². The zero-order chi connectivity index (χ0) is 16.5. The quantitative estimate of drug-likeness (QED) is 0.759. The summed E-state index contributed by atoms with van der Waals surface area (Å²) in [4.78, 5) is 15.4. The van der Waals surface area contributed by atoms with E-state index in [-0.39, 0.29) is 0 Å². The van der Waals surface area contributed by atoms with Crippen LogP contribution in [0.15, 0.2) is 0 Å². The second-order valence-corrected chi connectivity index (χ2v) is 5.03. The highest BCUT2D eigenvalue weighted by Crippen LogP contribution is 2.09. The van der Waals surface area contributed by atoms with E-state index in [1.54, 1.807) is 0 Å². The Morgan fingerprint density at radius 3 is 1.71 bits per heavy atom. The molecule has 1 amide bonds. The minimum Gasteiger partial charge on any atom is -0.343 e. The van der Waals surface area contributed by atoms with Gasteiger partial charge in [0.05, 0.1) is 0 Å². The first-order valence-corrected chi connectivity index (χ1v) is 9.28. The van der Waals surface area contributed by atoms with Crippen LogP contribution in [0.5, 0.6) is 0 Å². The number of nitrogens with zero attached hydrogens (tertiary/aromatic N) is 2. The first kappa shape index (κ1) is 22.7. The van der Waals surface area contributed by atoms with Crippen molar-refractivity contribution in [3.8, 4) is 0 Å². The Morgan fingerprint density at radius 1 is 0.810 bits per heavy atom. The average Bonchev–Trinajstić information content (AvgIpc) is 3.18. The summed E-state index contributed by atoms with van der Waals surface area (Å²) >= 11 is 0. The van der Waals surface area contributed by atoms with E-state index in [4.69, 9.17) is 0 Å². The maximum Gasteiger partial charge on any atom is 0.222 e. The minimum absolute atomic E-state index is 0.344. The zero-order valence-electron chi connectivity index (χ0n) is 15.6. The molecule has 0 bridgehead atoms. The molecule has 2 rings (SSSR count). The lowest BCUT2D eigenvalue weighted by Gasteiger charge is -2.12. The Morgan fingerprint density at radius 2 is 1.33 bits per heavy atom. The van der Waals surface area contributed by atoms with Crippen molar-refractivity contribution in [1.29, 1.82) is 0 Å². The highest BCUT2D eigenvalue weighted by molar-refractivity contribution is 5.77. The summed E-state index contributed by atoms with van der Waals surface area (Å²) in [5.41, 5.74) is 0. The van der Waals surface area contributed by atoms with E-state index in [0.29, 0.717) is 5.91 Å². The molecule has 0 N–H and O–H groups in total. The Hall–Kier alpha value is -0.570. The van der Waals surface area contributed by atoms with Gasteiger partial charge in [-0.05, 0) is 51.7 Å². The SMILES string of the molecule is CC.CC.CCCN1CCCC1.CCCN1CCCC1=O. The van der Waals surface area contributed by atoms with Gasteiger partial charge in [-0.15, -0.1) is 0 Å². The molecule has 0 saturated carbocycles. The van der Waals surface area contributed by atoms with Crippen molar-refractivity contribution in [3.63, 3.8) is 0 Å². The fourth-order valence-corrected chi connectivity index (χ4v) is 2.53. The van der Waals surface area contributed by atoms with Gasteiger partial charge < -0.3 is 9.80 Å². The standard InChI is InChI=1S/C7H13NO.C7H15N.2C2H6/c1-2-5-8-6-3-4-7(8)9;1-2-5-8-6-3-4-7-8;2*1-2/h2-6H2,1H3;2-7H2,1H3;2*1-2H3. The fraction of sp³-hybridized carbons (Fsp3) is 0.944. The third kappa shape index (κ3) is 11.7. The van der Waals surface area contributed by atoms with Gasteiger partial charge in [-0.2, -0.15) is 0 Å². The van der Waals surface area contributed by atoms with Crippen LogP contribution in [0.3, 0.4) is 0 Å². The number of hydrogen-bond acceptors (Lipinski definition) is 2. The van der Waals surface area contributed by atoms with Crippen molar-refractivity contribution >= 4 is 5.91 Å². The molecule has 0 radical (unpaired) electrons. The summed E-state index contributed by atoms with van der Waals surface area (Å²) in [6, 6.07) is 0. The van der Waals surface area contributed by atoms with Crippen LogP contribution in [-0.2, 0) is 4.79 Å². The smallest absolute Gasteiger partial charge is 0.222 e. The lowest BCUT2D eigenvalue weighted by Crippen LogP contribution is -2.24. The van der Waals surface area contributed by atoms with Crippen molar-refractivity contribution in [2.45, 2.75) is 80.1 Å². The molecule has 2 aliphatic heterocycles. The molecular weight excluding hydrogens is 260 g/mol. The van der Waals surface area contributed by atoms with E-state index in [9.17, 15) is 4.79 Å². The van der Waals surface area contributed by atoms with Crippen LogP contribution in [0.25, 0.3) is 0 Å². The summed E-state index contributed by atoms with van der Waals surface area (Å²) in [7, 11) is 0. The Bertz CT molecular complexity index is 213. The molecule has 0 unspecified atom stereocenters. The monoisotopic (exact) mass is 300 g/mol. The molecular formula is C18H40N2O. The molecule has 0 aliphatic carbocycles. The Balaban J connectivity index is 0. The lowest BCUT2D eigenvalue weighted by molar-refractivity contribution is -0.127. The number of rotatable bonds is 4. The molecule has 0 aromatic rings. The number of carbonyl (C=O) groups excluding carboxylic acids is 1. The average molecular weight is 301 g/mol. The van der Waals surface area contributed by atoms with Gasteiger partial charge in [-0.1, -0.05) is 41.5 Å². The molecule has 3 heteroatoms. The van der Waals surface area contributed by atoms with Crippen molar-refractivity contribution in [2.75, 3.05) is 32.7 Å². The molecule has 0 atom stereocenters. The maximum absolute atomic E-state index is 10.9. The molecule has 0 aromatic heterocycles. The van der Waals surface area contributed by atoms with Gasteiger partial charge in [0, 0.05) is 19.5 Å². The largest absolute Gasteiger partial charge is 0.343 e. The molecule has 21 heavy (non-hydrogen) atoms. The van der Waals surface area contributed by atoms with Crippen LogP contribution in [0.2, 0.25) is 0 Å². The highest BCUT2D eigenvalue weighted by atomic mass is 16.2. The molecule has 2 aliphatic rings. The number of amides is 1. The van der Waals surface area contributed by atoms with E-state index < -0.39 is 0 Å². The maximum atomic E-state index is 10.9. The predicted octanol–water partition coefficient (Wildman–Crippen LogP) is 4.56. The van der Waals surface area contributed by atoms with Gasteiger partial charge in [0.1, 0.15) is 0 Å². The van der Waals surface area contributed by atoms with Gasteiger partial charge in [-0.25, -0.2) is 0 Å². The van der Waals surface area contributed by atoms with Gasteiger partial charge >= 0.3 is 0 Å². The Labute approximate surface area is 134 Å². The number of likely N-dealkylation sites (tertiary alicyclic amines) is 2. The molecule has 0 aromatic carbocycles. The van der Waals surface area contributed by atoms with E-state index in [1.165, 1.54) is 38.9 Å². The molecule has 3 nitrogen and oxygen atoms in total. The minimum atomic E-state index is 0.344. The molecule has 128 valence electrons. The topological polar surface area (TPSA) is 23.6 Å². The molecule has 2 saturated heterocycles. The first-order valence-electron chi connectivity index (χ1n) is 9.28. The zero-order valence-corrected chi connectivity index (χ0v) is 15.6. The van der Waals surface area contributed by atoms with E-state index in [1.807, 2.05) is 32.6 Å². The summed E-state index contributed by atoms with van der Waals surface area (Å²) < 4.78 is 0. The van der Waals surface area contributed by atoms with Crippen LogP contribution in [0, 0.1) is 0 Å². The summed E-state index contributed by atoms with van der Waals surface area (Å²) in [6.07, 6.45) is 7.12. The van der Waals surface area contributed by atoms with Crippen LogP contribution < -0.4 is 0 Å². The first-order chi connectivity index (χ1) is 10.3. The van der Waals surface area contributed by atoms with Gasteiger partial charge in [-0.3, -0.25) is 4.79 Å². The Kier molecular flexibility index (Phi) is 18.9. The molecule has 2 fully saturated rings. The van der Waals surface area contributed by atoms with Crippen molar-refractivity contribution in [1.82, 2.24) is 9.80 Å². The third-order valence-electron chi connectivity index (χ3n) is 3.40. The van der Waals surface area contributed by atoms with E-state index >= 15 is 0 Å². The third-order valence-corrected chi connectivity index (χ3v) is 3.40. The summed E-state index contributed by atoms with van der Waals surface area (Å²) in [6.45, 7) is 18.3. The molecule has 0 spiro atoms. The lowest BCUT2D eigenvalue weighted by atomic mass is 10.4. The second kappa shape index (κ2) is 17.5. The predicted molar refractivity (Wildman–Crippen MR) is 94.8 cm³/mol. The van der Waals surface area contributed by atoms with Crippen LogP contribution in [-0.4, -0.2) is 48.4 Å². The molecule has 2 heterocycles. The summed E-state index contributed by atoms with van der Waals surface area (Å²) in [5.74, 6) is 0.344. The van der Waals surface area contributed by atoms with Gasteiger partial charge in [0.25, 0.3) is 0 Å². The van der Waals surface area contributed by atoms with Crippen molar-refractivity contribution in [3.05, 3.63) is 0 Å². The van der Waals surface area contributed by atoms with Crippen LogP contribution >= 0.6 is 0 Å². The van der Waals surface area contributed by atoms with E-state index in [2.05, 4.69) is 18.7 Å². The van der Waals surface area contributed by atoms with E-state index in [0.717, 1.165) is 32.4 Å². The number of hydrogen-bond donors (Lipinski definition) is 0. The van der Waals surface area contributed by atoms with Crippen molar-refractivity contribution in [2.24, 2.45) is 0 Å². The van der Waals surface area contributed by atoms with Gasteiger partial charge in [0.15, 0.2) is 0 Å². The summed E-state index contributed by atoms with van der Waals surface area (Å²) in [5, 5.41) is 0. The second-order valence-electron chi connectivity index (χ2n) is 5.03.